The van der Waals surface area contributed by atoms with Crippen molar-refractivity contribution in [3.05, 3.63) is 41.6 Å². The van der Waals surface area contributed by atoms with Crippen LogP contribution in [-0.2, 0) is 16.5 Å². The average Bonchev–Trinajstić information content (AvgIpc) is 3.34. The van der Waals surface area contributed by atoms with Crippen molar-refractivity contribution in [2.45, 2.75) is 44.0 Å². The summed E-state index contributed by atoms with van der Waals surface area (Å²) in [6.07, 6.45) is 0.696. The van der Waals surface area contributed by atoms with Crippen molar-refractivity contribution in [3.63, 3.8) is 0 Å². The molecule has 2 atom stereocenters. The number of ether oxygens (including phenoxy) is 1. The smallest absolute Gasteiger partial charge is 0.416 e. The summed E-state index contributed by atoms with van der Waals surface area (Å²) < 4.78 is 46.6. The number of benzene rings is 1. The molecule has 1 unspecified atom stereocenters. The fourth-order valence-electron chi connectivity index (χ4n) is 4.43. The number of alkyl halides is 3. The van der Waals surface area contributed by atoms with E-state index in [1.54, 1.807) is 6.07 Å². The Kier molecular flexibility index (Phi) is 3.56. The maximum absolute atomic E-state index is 13.0. The Labute approximate surface area is 158 Å². The number of phenols is 1. The van der Waals surface area contributed by atoms with Gasteiger partial charge >= 0.3 is 6.18 Å². The summed E-state index contributed by atoms with van der Waals surface area (Å²) in [5, 5.41) is 15.7. The molecule has 1 saturated heterocycles. The van der Waals surface area contributed by atoms with E-state index in [1.807, 2.05) is 16.9 Å². The Morgan fingerprint density at radius 3 is 2.71 bits per heavy atom. The molecule has 1 saturated carbocycles. The van der Waals surface area contributed by atoms with E-state index in [9.17, 15) is 18.3 Å². The number of aryl methyl sites for hydroxylation is 1. The normalized spacial score (nSPS) is 24.4. The number of pyridine rings is 1. The Balaban J connectivity index is 1.57. The van der Waals surface area contributed by atoms with E-state index in [-0.39, 0.29) is 11.1 Å². The Hall–Kier alpha value is -2.61. The van der Waals surface area contributed by atoms with Crippen LogP contribution < -0.4 is 0 Å². The molecule has 1 aliphatic carbocycles. The molecule has 3 heterocycles. The van der Waals surface area contributed by atoms with E-state index in [2.05, 4.69) is 10.1 Å². The topological polar surface area (TPSA) is 60.2 Å². The van der Waals surface area contributed by atoms with Crippen LogP contribution in [0.3, 0.4) is 0 Å². The van der Waals surface area contributed by atoms with Gasteiger partial charge in [0.25, 0.3) is 0 Å². The summed E-state index contributed by atoms with van der Waals surface area (Å²) >= 11 is 0. The third kappa shape index (κ3) is 2.58. The number of nitrogens with zero attached hydrogens (tertiary/aromatic N) is 3. The highest BCUT2D eigenvalue weighted by Gasteiger charge is 2.48. The Morgan fingerprint density at radius 2 is 2.11 bits per heavy atom. The zero-order valence-electron chi connectivity index (χ0n) is 15.1. The molecular weight excluding hydrogens is 371 g/mol. The van der Waals surface area contributed by atoms with Crippen LogP contribution in [0.5, 0.6) is 5.75 Å². The fraction of sp³-hybridized carbons (Fsp3) is 0.400. The molecular formula is C20H18F3N3O2. The molecule has 2 aliphatic rings. The van der Waals surface area contributed by atoms with Crippen molar-refractivity contribution in [1.29, 1.82) is 0 Å². The Bertz CT molecular complexity index is 1060. The second-order valence-corrected chi connectivity index (χ2v) is 7.77. The first-order chi connectivity index (χ1) is 13.2. The van der Waals surface area contributed by atoms with Crippen molar-refractivity contribution in [2.24, 2.45) is 0 Å². The zero-order valence-corrected chi connectivity index (χ0v) is 15.1. The van der Waals surface area contributed by atoms with Crippen molar-refractivity contribution < 1.29 is 23.0 Å². The second-order valence-electron chi connectivity index (χ2n) is 7.77. The van der Waals surface area contributed by atoms with Gasteiger partial charge < -0.3 is 9.84 Å². The van der Waals surface area contributed by atoms with E-state index in [0.29, 0.717) is 29.6 Å². The molecule has 8 heteroatoms. The van der Waals surface area contributed by atoms with Gasteiger partial charge in [-0.2, -0.15) is 18.3 Å². The molecule has 0 amide bonds. The van der Waals surface area contributed by atoms with E-state index in [0.717, 1.165) is 36.8 Å². The van der Waals surface area contributed by atoms with E-state index in [4.69, 9.17) is 4.74 Å². The predicted molar refractivity (Wildman–Crippen MR) is 95.9 cm³/mol. The number of phenolic OH excluding ortho intramolecular Hbond substituents is 1. The third-order valence-electron chi connectivity index (χ3n) is 5.88. The van der Waals surface area contributed by atoms with Crippen LogP contribution in [0.25, 0.3) is 22.3 Å². The largest absolute Gasteiger partial charge is 0.507 e. The molecule has 1 N–H and O–H groups in total. The SMILES string of the molecule is Cc1cc(C(F)(F)F)cc(O)c1-c1ccc2cn([C@]34CCC(C3)OC4)nc2n1. The maximum atomic E-state index is 13.0. The molecule has 3 aromatic rings. The van der Waals surface area contributed by atoms with Gasteiger partial charge in [-0.15, -0.1) is 0 Å². The average molecular weight is 389 g/mol. The molecule has 5 rings (SSSR count). The van der Waals surface area contributed by atoms with Gasteiger partial charge in [0.15, 0.2) is 5.65 Å². The van der Waals surface area contributed by atoms with Crippen LogP contribution in [0, 0.1) is 6.92 Å². The highest BCUT2D eigenvalue weighted by molar-refractivity contribution is 5.80. The second kappa shape index (κ2) is 5.70. The number of aromatic hydroxyl groups is 1. The van der Waals surface area contributed by atoms with Crippen molar-refractivity contribution in [3.8, 4) is 17.0 Å². The first kappa shape index (κ1) is 17.5. The molecule has 1 aliphatic heterocycles. The molecule has 146 valence electrons. The van der Waals surface area contributed by atoms with Crippen LogP contribution in [0.1, 0.15) is 30.4 Å². The van der Waals surface area contributed by atoms with Gasteiger partial charge in [0.1, 0.15) is 5.75 Å². The minimum atomic E-state index is -4.52. The first-order valence-corrected chi connectivity index (χ1v) is 9.15. The minimum absolute atomic E-state index is 0.127. The van der Waals surface area contributed by atoms with Crippen molar-refractivity contribution in [1.82, 2.24) is 14.8 Å². The van der Waals surface area contributed by atoms with Crippen LogP contribution >= 0.6 is 0 Å². The lowest BCUT2D eigenvalue weighted by Gasteiger charge is -2.25. The number of hydrogen-bond acceptors (Lipinski definition) is 4. The molecule has 0 radical (unpaired) electrons. The van der Waals surface area contributed by atoms with Crippen LogP contribution in [0.15, 0.2) is 30.5 Å². The molecule has 5 nitrogen and oxygen atoms in total. The highest BCUT2D eigenvalue weighted by Crippen LogP contribution is 2.45. The van der Waals surface area contributed by atoms with Gasteiger partial charge in [-0.1, -0.05) is 0 Å². The third-order valence-corrected chi connectivity index (χ3v) is 5.88. The lowest BCUT2D eigenvalue weighted by Crippen LogP contribution is -2.33. The number of rotatable bonds is 2. The molecule has 28 heavy (non-hydrogen) atoms. The summed E-state index contributed by atoms with van der Waals surface area (Å²) in [7, 11) is 0. The lowest BCUT2D eigenvalue weighted by atomic mass is 10.00. The molecule has 1 aromatic carbocycles. The highest BCUT2D eigenvalue weighted by atomic mass is 19.4. The van der Waals surface area contributed by atoms with Crippen LogP contribution in [-0.4, -0.2) is 32.6 Å². The quantitative estimate of drug-likeness (QED) is 0.705. The summed E-state index contributed by atoms with van der Waals surface area (Å²) in [6.45, 7) is 2.17. The van der Waals surface area contributed by atoms with Gasteiger partial charge in [-0.3, -0.25) is 4.68 Å². The van der Waals surface area contributed by atoms with E-state index >= 15 is 0 Å². The molecule has 0 spiro atoms. The molecule has 2 bridgehead atoms. The van der Waals surface area contributed by atoms with E-state index in [1.165, 1.54) is 6.92 Å². The molecule has 2 aromatic heterocycles. The number of hydrogen-bond donors (Lipinski definition) is 1. The fourth-order valence-corrected chi connectivity index (χ4v) is 4.43. The van der Waals surface area contributed by atoms with Gasteiger partial charge in [0.05, 0.1) is 29.5 Å². The van der Waals surface area contributed by atoms with Crippen LogP contribution in [0.2, 0.25) is 0 Å². The van der Waals surface area contributed by atoms with Gasteiger partial charge in [0, 0.05) is 23.6 Å². The lowest BCUT2D eigenvalue weighted by molar-refractivity contribution is -0.137. The van der Waals surface area contributed by atoms with Gasteiger partial charge in [-0.25, -0.2) is 4.98 Å². The summed E-state index contributed by atoms with van der Waals surface area (Å²) in [6, 6.07) is 5.29. The maximum Gasteiger partial charge on any atom is 0.416 e. The van der Waals surface area contributed by atoms with E-state index < -0.39 is 17.5 Å². The van der Waals surface area contributed by atoms with Crippen molar-refractivity contribution >= 4 is 11.0 Å². The number of halogens is 3. The van der Waals surface area contributed by atoms with Gasteiger partial charge in [-0.05, 0) is 49.6 Å². The number of fused-ring (bicyclic) bond motifs is 3. The minimum Gasteiger partial charge on any atom is -0.507 e. The van der Waals surface area contributed by atoms with Crippen LogP contribution in [0.4, 0.5) is 13.2 Å². The predicted octanol–water partition coefficient (Wildman–Crippen LogP) is 4.41. The first-order valence-electron chi connectivity index (χ1n) is 9.15. The van der Waals surface area contributed by atoms with Gasteiger partial charge in [0.2, 0.25) is 0 Å². The monoisotopic (exact) mass is 389 g/mol. The number of aromatic nitrogens is 3. The summed E-state index contributed by atoms with van der Waals surface area (Å²) in [5.41, 5.74) is 0.477. The summed E-state index contributed by atoms with van der Waals surface area (Å²) in [5.74, 6) is -0.444. The standard InChI is InChI=1S/C20H18F3N3O2/c1-11-6-13(20(21,22)23)7-16(27)17(11)15-3-2-12-9-26(25-18(12)24-15)19-5-4-14(8-19)28-10-19/h2-3,6-7,9,14,27H,4-5,8,10H2,1H3/t14?,19-/m1/s1. The Morgan fingerprint density at radius 1 is 1.29 bits per heavy atom. The zero-order chi connectivity index (χ0) is 19.7. The molecule has 2 fully saturated rings. The van der Waals surface area contributed by atoms with Crippen molar-refractivity contribution in [2.75, 3.05) is 6.61 Å². The summed E-state index contributed by atoms with van der Waals surface area (Å²) in [4.78, 5) is 4.52.